The predicted molar refractivity (Wildman–Crippen MR) is 143 cm³/mol. The fourth-order valence-electron chi connectivity index (χ4n) is 3.07. The van der Waals surface area contributed by atoms with Gasteiger partial charge < -0.3 is 18.3 Å². The third kappa shape index (κ3) is 6.43. The lowest BCUT2D eigenvalue weighted by atomic mass is 10.2. The van der Waals surface area contributed by atoms with Crippen LogP contribution in [0.5, 0.6) is 17.4 Å². The summed E-state index contributed by atoms with van der Waals surface area (Å²) in [5.41, 5.74) is -0.361. The van der Waals surface area contributed by atoms with Gasteiger partial charge in [0.2, 0.25) is 0 Å². The Morgan fingerprint density at radius 1 is 0.833 bits per heavy atom. The zero-order valence-electron chi connectivity index (χ0n) is 19.5. The molecule has 11 heteroatoms. The Morgan fingerprint density at radius 2 is 1.39 bits per heavy atom. The van der Waals surface area contributed by atoms with Crippen molar-refractivity contribution in [3.63, 3.8) is 0 Å². The Balaban J connectivity index is 1.79. The molecular weight excluding hydrogens is 617 g/mol. The first-order valence-corrected chi connectivity index (χ1v) is 13.8. The van der Waals surface area contributed by atoms with Crippen molar-refractivity contribution in [3.8, 4) is 17.4 Å². The fourth-order valence-corrected chi connectivity index (χ4v) is 5.36. The van der Waals surface area contributed by atoms with Crippen molar-refractivity contribution < 1.29 is 32.5 Å². The quantitative estimate of drug-likeness (QED) is 0.149. The van der Waals surface area contributed by atoms with Crippen LogP contribution in [0.3, 0.4) is 0 Å². The van der Waals surface area contributed by atoms with Gasteiger partial charge >= 0.3 is 14.0 Å². The summed E-state index contributed by atoms with van der Waals surface area (Å²) in [6, 6.07) is 22.2. The number of fused-ring (bicyclic) bond motifs is 1. The summed E-state index contributed by atoms with van der Waals surface area (Å²) < 4.78 is 38.9. The first-order chi connectivity index (χ1) is 17.0. The molecule has 0 spiro atoms. The van der Waals surface area contributed by atoms with Crippen molar-refractivity contribution in [2.75, 3.05) is 0 Å². The minimum absolute atomic E-state index is 0.121. The minimum Gasteiger partial charge on any atom is -0.427 e. The molecule has 0 amide bonds. The normalized spacial score (nSPS) is 11.7. The fraction of sp³-hybridized carbons (Fsp3) is 0.160. The Bertz CT molecular complexity index is 1370. The third-order valence-electron chi connectivity index (χ3n) is 4.46. The van der Waals surface area contributed by atoms with E-state index in [1.807, 2.05) is 0 Å². The number of halogens is 2. The SMILES string of the molecule is CC(C)(C)OC(=O)On1c(OP(=O)(Oc2ccccc2)Oc2ccccc2)c(Br)c2cc(Br)ccc21. The Hall–Kier alpha value is -2.94. The van der Waals surface area contributed by atoms with E-state index in [1.165, 1.54) is 0 Å². The molecule has 4 rings (SSSR count). The van der Waals surface area contributed by atoms with Gasteiger partial charge in [-0.25, -0.2) is 4.79 Å². The molecule has 1 heterocycles. The number of para-hydroxylation sites is 2. The lowest BCUT2D eigenvalue weighted by Gasteiger charge is -2.21. The van der Waals surface area contributed by atoms with Gasteiger partial charge in [0.1, 0.15) is 17.1 Å². The monoisotopic (exact) mass is 637 g/mol. The van der Waals surface area contributed by atoms with E-state index in [0.29, 0.717) is 15.4 Å². The molecule has 0 saturated carbocycles. The van der Waals surface area contributed by atoms with Gasteiger partial charge in [-0.1, -0.05) is 52.3 Å². The van der Waals surface area contributed by atoms with Gasteiger partial charge in [-0.3, -0.25) is 4.84 Å². The summed E-state index contributed by atoms with van der Waals surface area (Å²) >= 11 is 6.91. The molecule has 188 valence electrons. The maximum atomic E-state index is 14.0. The van der Waals surface area contributed by atoms with Gasteiger partial charge in [-0.2, -0.15) is 4.57 Å². The molecule has 0 N–H and O–H groups in total. The average Bonchev–Trinajstić information content (AvgIpc) is 3.04. The zero-order valence-corrected chi connectivity index (χ0v) is 23.6. The molecule has 0 aliphatic heterocycles. The number of carbonyl (C=O) groups excluding carboxylic acids is 1. The smallest absolute Gasteiger partial charge is 0.427 e. The third-order valence-corrected chi connectivity index (χ3v) is 6.99. The number of benzene rings is 3. The topological polar surface area (TPSA) is 85.2 Å². The Morgan fingerprint density at radius 3 is 1.92 bits per heavy atom. The Labute approximate surface area is 224 Å². The number of ether oxygens (including phenoxy) is 1. The van der Waals surface area contributed by atoms with E-state index in [1.54, 1.807) is 99.6 Å². The van der Waals surface area contributed by atoms with Gasteiger partial charge in [0.05, 0.1) is 9.99 Å². The van der Waals surface area contributed by atoms with Crippen LogP contribution in [0, 0.1) is 0 Å². The molecule has 8 nitrogen and oxygen atoms in total. The highest BCUT2D eigenvalue weighted by molar-refractivity contribution is 9.11. The van der Waals surface area contributed by atoms with Gasteiger partial charge in [0.25, 0.3) is 5.88 Å². The molecule has 0 saturated heterocycles. The summed E-state index contributed by atoms with van der Waals surface area (Å²) in [4.78, 5) is 18.1. The largest absolute Gasteiger partial charge is 0.648 e. The second-order valence-corrected chi connectivity index (χ2v) is 11.6. The first-order valence-electron chi connectivity index (χ1n) is 10.7. The van der Waals surface area contributed by atoms with Gasteiger partial charge in [-0.05, 0) is 79.2 Å². The molecule has 0 aliphatic carbocycles. The van der Waals surface area contributed by atoms with Crippen LogP contribution in [0.15, 0.2) is 87.8 Å². The Kier molecular flexibility index (Phi) is 7.68. The van der Waals surface area contributed by atoms with Gasteiger partial charge in [-0.15, -0.1) is 4.73 Å². The van der Waals surface area contributed by atoms with Crippen molar-refractivity contribution in [1.82, 2.24) is 4.73 Å². The highest BCUT2D eigenvalue weighted by atomic mass is 79.9. The van der Waals surface area contributed by atoms with Crippen molar-refractivity contribution in [2.24, 2.45) is 0 Å². The molecule has 0 unspecified atom stereocenters. The molecule has 1 aromatic heterocycles. The van der Waals surface area contributed by atoms with Crippen LogP contribution in [0.4, 0.5) is 4.79 Å². The second-order valence-electron chi connectivity index (χ2n) is 8.48. The highest BCUT2D eigenvalue weighted by Crippen LogP contribution is 2.52. The molecule has 0 radical (unpaired) electrons. The van der Waals surface area contributed by atoms with Crippen LogP contribution >= 0.6 is 39.7 Å². The van der Waals surface area contributed by atoms with Crippen molar-refractivity contribution in [1.29, 1.82) is 0 Å². The van der Waals surface area contributed by atoms with E-state index in [9.17, 15) is 9.36 Å². The number of nitrogens with zero attached hydrogens (tertiary/aromatic N) is 1. The van der Waals surface area contributed by atoms with Crippen molar-refractivity contribution in [3.05, 3.63) is 87.8 Å². The maximum Gasteiger partial charge on any atom is 0.648 e. The molecule has 4 aromatic rings. The average molecular weight is 639 g/mol. The van der Waals surface area contributed by atoms with Gasteiger partial charge in [0.15, 0.2) is 0 Å². The summed E-state index contributed by atoms with van der Waals surface area (Å²) in [6.07, 6.45) is -0.984. The molecule has 0 bridgehead atoms. The number of rotatable bonds is 7. The highest BCUT2D eigenvalue weighted by Gasteiger charge is 2.37. The van der Waals surface area contributed by atoms with E-state index < -0.39 is 19.6 Å². The summed E-state index contributed by atoms with van der Waals surface area (Å²) in [5, 5.41) is 0.605. The van der Waals surface area contributed by atoms with E-state index >= 15 is 0 Å². The predicted octanol–water partition coefficient (Wildman–Crippen LogP) is 8.17. The first kappa shape index (κ1) is 26.1. The van der Waals surface area contributed by atoms with Crippen LogP contribution in [-0.2, 0) is 9.30 Å². The zero-order chi connectivity index (χ0) is 25.9. The lowest BCUT2D eigenvalue weighted by Crippen LogP contribution is -2.30. The maximum absolute atomic E-state index is 14.0. The summed E-state index contributed by atoms with van der Waals surface area (Å²) in [6.45, 7) is 5.13. The number of phosphoric acid groups is 1. The van der Waals surface area contributed by atoms with Gasteiger partial charge in [0, 0.05) is 9.86 Å². The molecule has 36 heavy (non-hydrogen) atoms. The standard InChI is InChI=1S/C25H22Br2NO7P/c1-25(2,3)31-24(29)32-28-21-15-14-17(26)16-20(21)22(27)23(28)35-36(30,33-18-10-6-4-7-11-18)34-19-12-8-5-9-13-19/h4-16H,1-3H3. The van der Waals surface area contributed by atoms with E-state index in [2.05, 4.69) is 31.9 Å². The van der Waals surface area contributed by atoms with E-state index in [0.717, 1.165) is 9.20 Å². The van der Waals surface area contributed by atoms with Crippen LogP contribution in [0.1, 0.15) is 20.8 Å². The number of hydrogen-bond donors (Lipinski definition) is 0. The summed E-state index contributed by atoms with van der Waals surface area (Å²) in [5.74, 6) is 0.391. The van der Waals surface area contributed by atoms with Crippen LogP contribution in [-0.4, -0.2) is 16.5 Å². The van der Waals surface area contributed by atoms with Crippen molar-refractivity contribution in [2.45, 2.75) is 26.4 Å². The summed E-state index contributed by atoms with van der Waals surface area (Å²) in [7, 11) is -4.39. The minimum atomic E-state index is -4.39. The number of carbonyl (C=O) groups is 1. The van der Waals surface area contributed by atoms with E-state index in [4.69, 9.17) is 23.1 Å². The van der Waals surface area contributed by atoms with Crippen molar-refractivity contribution >= 4 is 56.7 Å². The van der Waals surface area contributed by atoms with Crippen LogP contribution < -0.4 is 18.4 Å². The number of hydrogen-bond acceptors (Lipinski definition) is 7. The second kappa shape index (κ2) is 10.6. The molecule has 3 aromatic carbocycles. The molecule has 0 atom stereocenters. The number of phosphoric ester groups is 1. The van der Waals surface area contributed by atoms with Crippen LogP contribution in [0.25, 0.3) is 10.9 Å². The van der Waals surface area contributed by atoms with E-state index in [-0.39, 0.29) is 17.4 Å². The lowest BCUT2D eigenvalue weighted by molar-refractivity contribution is -0.0111. The molecule has 0 aliphatic rings. The molecule has 0 fully saturated rings. The number of aromatic nitrogens is 1. The van der Waals surface area contributed by atoms with Crippen LogP contribution in [0.2, 0.25) is 0 Å². The molecular formula is C25H22Br2NO7P.